The maximum absolute atomic E-state index is 6.11. The van der Waals surface area contributed by atoms with Crippen molar-refractivity contribution in [1.29, 1.82) is 0 Å². The minimum Gasteiger partial charge on any atom is -0.493 e. The first-order valence-corrected chi connectivity index (χ1v) is 12.2. The Bertz CT molecular complexity index is 778. The number of guanidine groups is 1. The van der Waals surface area contributed by atoms with E-state index in [0.717, 1.165) is 56.5 Å². The van der Waals surface area contributed by atoms with Gasteiger partial charge >= 0.3 is 0 Å². The van der Waals surface area contributed by atoms with E-state index < -0.39 is 0 Å². The molecule has 1 aliphatic carbocycles. The zero-order chi connectivity index (χ0) is 22.4. The quantitative estimate of drug-likeness (QED) is 0.498. The van der Waals surface area contributed by atoms with Crippen LogP contribution in [0.25, 0.3) is 0 Å². The van der Waals surface area contributed by atoms with Crippen molar-refractivity contribution in [3.8, 4) is 11.5 Å². The largest absolute Gasteiger partial charge is 0.493 e. The number of morpholine rings is 1. The highest BCUT2D eigenvalue weighted by Gasteiger charge is 2.35. The maximum Gasteiger partial charge on any atom is 0.191 e. The Kier molecular flexibility index (Phi) is 7.79. The van der Waals surface area contributed by atoms with Crippen LogP contribution >= 0.6 is 0 Å². The van der Waals surface area contributed by atoms with Gasteiger partial charge in [0, 0.05) is 38.1 Å². The Labute approximate surface area is 192 Å². The van der Waals surface area contributed by atoms with Gasteiger partial charge < -0.3 is 24.8 Å². The summed E-state index contributed by atoms with van der Waals surface area (Å²) in [6, 6.07) is 7.03. The van der Waals surface area contributed by atoms with Crippen molar-refractivity contribution < 1.29 is 14.2 Å². The molecule has 7 nitrogen and oxygen atoms in total. The van der Waals surface area contributed by atoms with Crippen molar-refractivity contribution in [2.75, 3.05) is 54.1 Å². The third-order valence-corrected chi connectivity index (χ3v) is 7.58. The van der Waals surface area contributed by atoms with Gasteiger partial charge in [-0.15, -0.1) is 0 Å². The average Bonchev–Trinajstić information content (AvgIpc) is 3.32. The lowest BCUT2D eigenvalue weighted by molar-refractivity contribution is -0.0453. The zero-order valence-corrected chi connectivity index (χ0v) is 20.0. The van der Waals surface area contributed by atoms with Gasteiger partial charge in [-0.3, -0.25) is 9.89 Å². The third-order valence-electron chi connectivity index (χ3n) is 7.58. The molecule has 1 aromatic rings. The van der Waals surface area contributed by atoms with E-state index in [1.807, 2.05) is 13.1 Å². The first-order chi connectivity index (χ1) is 15.7. The van der Waals surface area contributed by atoms with Gasteiger partial charge in [0.15, 0.2) is 17.5 Å². The number of rotatable bonds is 7. The fourth-order valence-electron chi connectivity index (χ4n) is 5.66. The van der Waals surface area contributed by atoms with Crippen LogP contribution in [0.15, 0.2) is 23.2 Å². The molecule has 1 saturated carbocycles. The summed E-state index contributed by atoms with van der Waals surface area (Å²) in [5, 5.41) is 7.14. The SMILES string of the molecule is CN=C(NCC1CN2CCCC2CO1)NCC1(c2ccc(OC)c(OC)c2)CCCCC1. The van der Waals surface area contributed by atoms with Crippen LogP contribution in [0.1, 0.15) is 50.5 Å². The summed E-state index contributed by atoms with van der Waals surface area (Å²) in [6.07, 6.45) is 8.92. The average molecular weight is 445 g/mol. The molecule has 3 fully saturated rings. The number of nitrogens with zero attached hydrogens (tertiary/aromatic N) is 2. The highest BCUT2D eigenvalue weighted by Crippen LogP contribution is 2.42. The molecular formula is C25H40N4O3. The van der Waals surface area contributed by atoms with E-state index in [4.69, 9.17) is 14.2 Å². The lowest BCUT2D eigenvalue weighted by Gasteiger charge is -2.39. The molecule has 0 spiro atoms. The van der Waals surface area contributed by atoms with Gasteiger partial charge in [0.05, 0.1) is 26.9 Å². The molecule has 2 saturated heterocycles. The second-order valence-electron chi connectivity index (χ2n) is 9.46. The van der Waals surface area contributed by atoms with E-state index in [-0.39, 0.29) is 11.5 Å². The molecule has 4 rings (SSSR count). The lowest BCUT2D eigenvalue weighted by atomic mass is 9.69. The van der Waals surface area contributed by atoms with E-state index in [0.29, 0.717) is 6.04 Å². The second kappa shape index (κ2) is 10.8. The van der Waals surface area contributed by atoms with Crippen LogP contribution in [-0.4, -0.2) is 77.1 Å². The van der Waals surface area contributed by atoms with E-state index in [1.165, 1.54) is 44.2 Å². The molecule has 1 aromatic carbocycles. The van der Waals surface area contributed by atoms with Crippen LogP contribution in [0, 0.1) is 0 Å². The van der Waals surface area contributed by atoms with Gasteiger partial charge in [-0.1, -0.05) is 25.3 Å². The zero-order valence-electron chi connectivity index (χ0n) is 20.0. The standard InChI is InChI=1S/C25H40N4O3/c1-26-24(27-15-21-16-29-13-7-8-20(29)17-32-21)28-18-25(11-5-4-6-12-25)19-9-10-22(30-2)23(14-19)31-3/h9-10,14,20-21H,4-8,11-13,15-18H2,1-3H3,(H2,26,27,28). The van der Waals surface area contributed by atoms with Crippen LogP contribution in [0.5, 0.6) is 11.5 Å². The Hall–Kier alpha value is -1.99. The van der Waals surface area contributed by atoms with Crippen LogP contribution in [0.3, 0.4) is 0 Å². The maximum atomic E-state index is 6.11. The number of hydrogen-bond acceptors (Lipinski definition) is 5. The predicted octanol–water partition coefficient (Wildman–Crippen LogP) is 2.93. The van der Waals surface area contributed by atoms with Gasteiger partial charge in [0.1, 0.15) is 0 Å². The summed E-state index contributed by atoms with van der Waals surface area (Å²) >= 11 is 0. The molecule has 0 amide bonds. The minimum absolute atomic E-state index is 0.0690. The molecule has 178 valence electrons. The summed E-state index contributed by atoms with van der Waals surface area (Å²) in [6.45, 7) is 4.73. The summed E-state index contributed by atoms with van der Waals surface area (Å²) < 4.78 is 17.2. The number of aliphatic imine (C=N–C) groups is 1. The minimum atomic E-state index is 0.0690. The van der Waals surface area contributed by atoms with Gasteiger partial charge in [-0.25, -0.2) is 0 Å². The second-order valence-corrected chi connectivity index (χ2v) is 9.46. The summed E-state index contributed by atoms with van der Waals surface area (Å²) in [4.78, 5) is 7.07. The molecule has 2 N–H and O–H groups in total. The van der Waals surface area contributed by atoms with Gasteiger partial charge in [-0.05, 0) is 49.9 Å². The predicted molar refractivity (Wildman–Crippen MR) is 128 cm³/mol. The number of nitrogens with one attached hydrogen (secondary N) is 2. The van der Waals surface area contributed by atoms with E-state index >= 15 is 0 Å². The third kappa shape index (κ3) is 5.15. The fraction of sp³-hybridized carbons (Fsp3) is 0.720. The van der Waals surface area contributed by atoms with E-state index in [9.17, 15) is 0 Å². The Morgan fingerprint density at radius 2 is 1.94 bits per heavy atom. The topological polar surface area (TPSA) is 67.4 Å². The molecule has 2 aliphatic heterocycles. The smallest absolute Gasteiger partial charge is 0.191 e. The van der Waals surface area contributed by atoms with Crippen molar-refractivity contribution in [2.45, 2.75) is 62.5 Å². The highest BCUT2D eigenvalue weighted by atomic mass is 16.5. The number of ether oxygens (including phenoxy) is 3. The van der Waals surface area contributed by atoms with Crippen molar-refractivity contribution in [3.05, 3.63) is 23.8 Å². The molecule has 2 unspecified atom stereocenters. The number of methoxy groups -OCH3 is 2. The van der Waals surface area contributed by atoms with Gasteiger partial charge in [-0.2, -0.15) is 0 Å². The fourth-order valence-corrected chi connectivity index (χ4v) is 5.66. The molecule has 0 bridgehead atoms. The first kappa shape index (κ1) is 23.2. The lowest BCUT2D eigenvalue weighted by Crippen LogP contribution is -2.52. The first-order valence-electron chi connectivity index (χ1n) is 12.2. The molecule has 32 heavy (non-hydrogen) atoms. The molecule has 0 radical (unpaired) electrons. The van der Waals surface area contributed by atoms with Crippen molar-refractivity contribution in [1.82, 2.24) is 15.5 Å². The summed E-state index contributed by atoms with van der Waals surface area (Å²) in [5.41, 5.74) is 1.38. The van der Waals surface area contributed by atoms with Gasteiger partial charge in [0.2, 0.25) is 0 Å². The van der Waals surface area contributed by atoms with Crippen molar-refractivity contribution in [3.63, 3.8) is 0 Å². The number of benzene rings is 1. The Balaban J connectivity index is 1.38. The molecule has 0 aromatic heterocycles. The molecule has 2 heterocycles. The van der Waals surface area contributed by atoms with Crippen LogP contribution < -0.4 is 20.1 Å². The van der Waals surface area contributed by atoms with Crippen molar-refractivity contribution >= 4 is 5.96 Å². The number of hydrogen-bond donors (Lipinski definition) is 2. The summed E-state index contributed by atoms with van der Waals surface area (Å²) in [7, 11) is 5.24. The molecule has 7 heteroatoms. The van der Waals surface area contributed by atoms with Crippen LogP contribution in [-0.2, 0) is 10.2 Å². The molecular weight excluding hydrogens is 404 g/mol. The monoisotopic (exact) mass is 444 g/mol. The Morgan fingerprint density at radius 1 is 1.12 bits per heavy atom. The van der Waals surface area contributed by atoms with Crippen LogP contribution in [0.2, 0.25) is 0 Å². The van der Waals surface area contributed by atoms with Crippen LogP contribution in [0.4, 0.5) is 0 Å². The molecule has 3 aliphatic rings. The van der Waals surface area contributed by atoms with E-state index in [1.54, 1.807) is 14.2 Å². The normalized spacial score (nSPS) is 25.8. The van der Waals surface area contributed by atoms with E-state index in [2.05, 4.69) is 32.7 Å². The van der Waals surface area contributed by atoms with Gasteiger partial charge in [0.25, 0.3) is 0 Å². The van der Waals surface area contributed by atoms with Crippen molar-refractivity contribution in [2.24, 2.45) is 4.99 Å². The molecule has 2 atom stereocenters. The Morgan fingerprint density at radius 3 is 2.69 bits per heavy atom. The highest BCUT2D eigenvalue weighted by molar-refractivity contribution is 5.79. The number of fused-ring (bicyclic) bond motifs is 1. The summed E-state index contributed by atoms with van der Waals surface area (Å²) in [5.74, 6) is 2.43.